The Morgan fingerprint density at radius 3 is 2.35 bits per heavy atom. The molecule has 1 heterocycles. The van der Waals surface area contributed by atoms with Gasteiger partial charge in [0.2, 0.25) is 0 Å². The zero-order chi connectivity index (χ0) is 16.4. The van der Waals surface area contributed by atoms with Crippen LogP contribution in [0.1, 0.15) is 26.4 Å². The Morgan fingerprint density at radius 1 is 1.04 bits per heavy atom. The van der Waals surface area contributed by atoms with Gasteiger partial charge in [-0.05, 0) is 43.4 Å². The van der Waals surface area contributed by atoms with E-state index < -0.39 is 0 Å². The number of nitrogens with one attached hydrogen (secondary N) is 1. The molecular formula is C18H17N3OS. The van der Waals surface area contributed by atoms with Gasteiger partial charge in [0, 0.05) is 11.3 Å². The minimum atomic E-state index is -0.172. The fraction of sp³-hybridized carbons (Fsp3) is 0.167. The van der Waals surface area contributed by atoms with Gasteiger partial charge in [0.15, 0.2) is 0 Å². The Hall–Kier alpha value is -2.53. The third-order valence-electron chi connectivity index (χ3n) is 3.66. The van der Waals surface area contributed by atoms with E-state index in [0.717, 1.165) is 33.9 Å². The fourth-order valence-electron chi connectivity index (χ4n) is 2.67. The van der Waals surface area contributed by atoms with Gasteiger partial charge in [-0.3, -0.25) is 4.79 Å². The molecule has 0 saturated heterocycles. The first kappa shape index (κ1) is 15.4. The summed E-state index contributed by atoms with van der Waals surface area (Å²) in [6.07, 6.45) is 0. The molecule has 0 fully saturated rings. The van der Waals surface area contributed by atoms with Crippen LogP contribution in [-0.4, -0.2) is 15.5 Å². The van der Waals surface area contributed by atoms with E-state index in [4.69, 9.17) is 0 Å². The number of nitrogens with zero attached hydrogens (tertiary/aromatic N) is 2. The van der Waals surface area contributed by atoms with Crippen LogP contribution in [0.5, 0.6) is 0 Å². The van der Waals surface area contributed by atoms with E-state index in [1.54, 1.807) is 0 Å². The molecule has 4 nitrogen and oxygen atoms in total. The highest BCUT2D eigenvalue weighted by atomic mass is 32.1. The Morgan fingerprint density at radius 2 is 1.70 bits per heavy atom. The van der Waals surface area contributed by atoms with Crippen LogP contribution in [0.3, 0.4) is 0 Å². The van der Waals surface area contributed by atoms with Crippen molar-refractivity contribution in [3.63, 3.8) is 0 Å². The van der Waals surface area contributed by atoms with Crippen LogP contribution in [0.4, 0.5) is 5.69 Å². The van der Waals surface area contributed by atoms with Gasteiger partial charge < -0.3 is 5.32 Å². The Bertz CT molecular complexity index is 833. The number of hydrogen-bond acceptors (Lipinski definition) is 4. The van der Waals surface area contributed by atoms with Crippen molar-refractivity contribution in [2.24, 2.45) is 0 Å². The number of hydrogen-bond donors (Lipinski definition) is 1. The lowest BCUT2D eigenvalue weighted by atomic mass is 10.0. The fourth-order valence-corrected chi connectivity index (χ4v) is 3.26. The molecule has 0 unspecified atom stereocenters. The maximum Gasteiger partial charge on any atom is 0.269 e. The second-order valence-corrected chi connectivity index (χ2v) is 6.30. The van der Waals surface area contributed by atoms with Crippen molar-refractivity contribution in [3.05, 3.63) is 64.0 Å². The molecular weight excluding hydrogens is 306 g/mol. The van der Waals surface area contributed by atoms with Crippen molar-refractivity contribution in [2.75, 3.05) is 5.32 Å². The van der Waals surface area contributed by atoms with Crippen LogP contribution in [0.15, 0.2) is 42.5 Å². The molecule has 23 heavy (non-hydrogen) atoms. The molecule has 2 aromatic carbocycles. The zero-order valence-electron chi connectivity index (χ0n) is 13.3. The average molecular weight is 323 g/mol. The summed E-state index contributed by atoms with van der Waals surface area (Å²) in [5, 5.41) is 7.13. The predicted octanol–water partition coefficient (Wildman–Crippen LogP) is 4.38. The molecule has 0 aliphatic carbocycles. The van der Waals surface area contributed by atoms with Gasteiger partial charge in [0.1, 0.15) is 10.6 Å². The number of aromatic nitrogens is 2. The second-order valence-electron chi connectivity index (χ2n) is 5.54. The Kier molecular flexibility index (Phi) is 4.21. The van der Waals surface area contributed by atoms with Crippen molar-refractivity contribution in [1.29, 1.82) is 0 Å². The molecule has 0 bridgehead atoms. The van der Waals surface area contributed by atoms with Crippen molar-refractivity contribution in [3.8, 4) is 11.3 Å². The summed E-state index contributed by atoms with van der Waals surface area (Å²) in [6.45, 7) is 6.05. The number of carbonyl (C=O) groups is 1. The van der Waals surface area contributed by atoms with Crippen LogP contribution in [0, 0.1) is 20.8 Å². The van der Waals surface area contributed by atoms with Gasteiger partial charge in [0.25, 0.3) is 5.91 Å². The van der Waals surface area contributed by atoms with Crippen molar-refractivity contribution in [2.45, 2.75) is 20.8 Å². The summed E-state index contributed by atoms with van der Waals surface area (Å²) in [7, 11) is 0. The molecule has 3 aromatic rings. The molecule has 1 amide bonds. The van der Waals surface area contributed by atoms with Gasteiger partial charge >= 0.3 is 0 Å². The molecule has 0 aliphatic heterocycles. The van der Waals surface area contributed by atoms with E-state index in [-0.39, 0.29) is 5.91 Å². The number of carbonyl (C=O) groups excluding carboxylic acids is 1. The third kappa shape index (κ3) is 3.14. The summed E-state index contributed by atoms with van der Waals surface area (Å²) in [5.74, 6) is -0.172. The van der Waals surface area contributed by atoms with Crippen LogP contribution in [-0.2, 0) is 0 Å². The van der Waals surface area contributed by atoms with Gasteiger partial charge in [-0.15, -0.1) is 5.10 Å². The molecule has 0 atom stereocenters. The predicted molar refractivity (Wildman–Crippen MR) is 94.0 cm³/mol. The maximum absolute atomic E-state index is 12.7. The van der Waals surface area contributed by atoms with Gasteiger partial charge in [-0.1, -0.05) is 52.5 Å². The lowest BCUT2D eigenvalue weighted by Crippen LogP contribution is -2.13. The van der Waals surface area contributed by atoms with Gasteiger partial charge in [0.05, 0.1) is 0 Å². The molecule has 0 aliphatic rings. The van der Waals surface area contributed by atoms with Crippen molar-refractivity contribution >= 4 is 23.1 Å². The van der Waals surface area contributed by atoms with E-state index in [0.29, 0.717) is 10.6 Å². The van der Waals surface area contributed by atoms with E-state index >= 15 is 0 Å². The summed E-state index contributed by atoms with van der Waals surface area (Å²) >= 11 is 1.11. The molecule has 0 spiro atoms. The highest BCUT2D eigenvalue weighted by molar-refractivity contribution is 7.08. The monoisotopic (exact) mass is 323 g/mol. The Balaban J connectivity index is 1.93. The number of aryl methyl sites for hydroxylation is 3. The number of amides is 1. The quantitative estimate of drug-likeness (QED) is 0.778. The molecule has 1 N–H and O–H groups in total. The summed E-state index contributed by atoms with van der Waals surface area (Å²) in [6, 6.07) is 13.8. The van der Waals surface area contributed by atoms with E-state index in [1.165, 1.54) is 5.56 Å². The molecule has 0 saturated carbocycles. The first-order valence-electron chi connectivity index (χ1n) is 7.33. The Labute approximate surface area is 139 Å². The van der Waals surface area contributed by atoms with E-state index in [1.807, 2.05) is 51.1 Å². The second kappa shape index (κ2) is 6.30. The minimum Gasteiger partial charge on any atom is -0.321 e. The molecule has 3 rings (SSSR count). The summed E-state index contributed by atoms with van der Waals surface area (Å²) < 4.78 is 3.95. The normalized spacial score (nSPS) is 10.6. The topological polar surface area (TPSA) is 54.9 Å². The highest BCUT2D eigenvalue weighted by Gasteiger charge is 2.19. The van der Waals surface area contributed by atoms with Crippen LogP contribution < -0.4 is 5.32 Å². The number of benzene rings is 2. The average Bonchev–Trinajstić information content (AvgIpc) is 3.01. The largest absolute Gasteiger partial charge is 0.321 e. The molecule has 5 heteroatoms. The van der Waals surface area contributed by atoms with Gasteiger partial charge in [-0.25, -0.2) is 0 Å². The zero-order valence-corrected chi connectivity index (χ0v) is 14.1. The smallest absolute Gasteiger partial charge is 0.269 e. The maximum atomic E-state index is 12.7. The third-order valence-corrected chi connectivity index (χ3v) is 4.38. The molecule has 0 radical (unpaired) electrons. The SMILES string of the molecule is Cc1cc(C)c(NC(=O)c2snnc2-c2ccccc2)c(C)c1. The number of rotatable bonds is 3. The van der Waals surface area contributed by atoms with E-state index in [2.05, 4.69) is 27.0 Å². The lowest BCUT2D eigenvalue weighted by Gasteiger charge is -2.12. The first-order chi connectivity index (χ1) is 11.1. The van der Waals surface area contributed by atoms with Crippen LogP contribution in [0.2, 0.25) is 0 Å². The van der Waals surface area contributed by atoms with Crippen molar-refractivity contribution in [1.82, 2.24) is 9.59 Å². The van der Waals surface area contributed by atoms with E-state index in [9.17, 15) is 4.79 Å². The summed E-state index contributed by atoms with van der Waals surface area (Å²) in [4.78, 5) is 13.2. The summed E-state index contributed by atoms with van der Waals surface area (Å²) in [5.41, 5.74) is 5.65. The lowest BCUT2D eigenvalue weighted by molar-refractivity contribution is 0.103. The van der Waals surface area contributed by atoms with Crippen LogP contribution >= 0.6 is 11.5 Å². The minimum absolute atomic E-state index is 0.172. The van der Waals surface area contributed by atoms with Crippen LogP contribution in [0.25, 0.3) is 11.3 Å². The first-order valence-corrected chi connectivity index (χ1v) is 8.10. The highest BCUT2D eigenvalue weighted by Crippen LogP contribution is 2.27. The molecule has 1 aromatic heterocycles. The van der Waals surface area contributed by atoms with Gasteiger partial charge in [-0.2, -0.15) is 0 Å². The number of anilines is 1. The standard InChI is InChI=1S/C18H17N3OS/c1-11-9-12(2)15(13(3)10-11)19-18(22)17-16(20-21-23-17)14-7-5-4-6-8-14/h4-10H,1-3H3,(H,19,22). The molecule has 116 valence electrons. The van der Waals surface area contributed by atoms with Crippen molar-refractivity contribution < 1.29 is 4.79 Å².